The fourth-order valence-corrected chi connectivity index (χ4v) is 3.61. The largest absolute Gasteiger partial charge is 0.508 e. The van der Waals surface area contributed by atoms with E-state index in [0.29, 0.717) is 5.56 Å². The minimum atomic E-state index is -1.35. The Morgan fingerprint density at radius 1 is 0.857 bits per heavy atom. The maximum Gasteiger partial charge on any atom is 0.303 e. The number of rotatable bonds is 7. The number of phenolic OH excluding ortho intramolecular Hbond substituents is 1. The predicted molar refractivity (Wildman–Crippen MR) is 119 cm³/mol. The zero-order valence-electron chi connectivity index (χ0n) is 20.9. The van der Waals surface area contributed by atoms with Crippen LogP contribution in [0.4, 0.5) is 0 Å². The molecular weight excluding hydrogens is 464 g/mol. The standard InChI is InChI=1S/C24H32O11/c1-12(25)30-11-19-20(31-13(2)26)21(32-14(3)27)22(33-15(4)28)23(35-19)34-16-8-9-18(29)17(10-16)24(5,6)7/h8-10,19-23,29H,11H2,1-7H3/t19-,20+,21+,22-,23-/m1/s1. The zero-order valence-corrected chi connectivity index (χ0v) is 20.9. The van der Waals surface area contributed by atoms with Crippen LogP contribution < -0.4 is 4.74 Å². The summed E-state index contributed by atoms with van der Waals surface area (Å²) in [5.41, 5.74) is 0.158. The molecule has 1 fully saturated rings. The highest BCUT2D eigenvalue weighted by molar-refractivity contribution is 5.68. The Balaban J connectivity index is 2.51. The second-order valence-electron chi connectivity index (χ2n) is 9.11. The summed E-state index contributed by atoms with van der Waals surface area (Å²) in [7, 11) is 0. The molecule has 2 rings (SSSR count). The number of phenols is 1. The molecule has 1 aromatic rings. The SMILES string of the molecule is CC(=O)OC[C@H]1O[C@@H](Oc2ccc(O)c(C(C)(C)C)c2)[C@H](OC(C)=O)[C@@H](OC(C)=O)[C@H]1OC(C)=O. The summed E-state index contributed by atoms with van der Waals surface area (Å²) in [6, 6.07) is 4.53. The Morgan fingerprint density at radius 3 is 1.91 bits per heavy atom. The molecule has 0 amide bonds. The number of hydrogen-bond donors (Lipinski definition) is 1. The summed E-state index contributed by atoms with van der Waals surface area (Å²) in [5, 5.41) is 10.3. The predicted octanol–water partition coefficient (Wildman–Crippen LogP) is 2.15. The molecule has 1 heterocycles. The van der Waals surface area contributed by atoms with Crippen molar-refractivity contribution in [2.24, 2.45) is 0 Å². The van der Waals surface area contributed by atoms with Crippen molar-refractivity contribution in [2.45, 2.75) is 84.6 Å². The van der Waals surface area contributed by atoms with Crippen LogP contribution in [0.3, 0.4) is 0 Å². The first kappa shape index (κ1) is 27.9. The lowest BCUT2D eigenvalue weighted by Gasteiger charge is -2.44. The third kappa shape index (κ3) is 7.84. The van der Waals surface area contributed by atoms with Gasteiger partial charge in [-0.15, -0.1) is 0 Å². The van der Waals surface area contributed by atoms with E-state index in [0.717, 1.165) is 20.8 Å². The average molecular weight is 497 g/mol. The van der Waals surface area contributed by atoms with E-state index >= 15 is 0 Å². The molecule has 11 heteroatoms. The molecule has 194 valence electrons. The van der Waals surface area contributed by atoms with E-state index in [9.17, 15) is 24.3 Å². The van der Waals surface area contributed by atoms with Crippen LogP contribution in [0.2, 0.25) is 0 Å². The number of carbonyl (C=O) groups is 4. The summed E-state index contributed by atoms with van der Waals surface area (Å²) < 4.78 is 33.1. The van der Waals surface area contributed by atoms with Gasteiger partial charge in [0.1, 0.15) is 24.2 Å². The van der Waals surface area contributed by atoms with Gasteiger partial charge in [-0.25, -0.2) is 0 Å². The third-order valence-corrected chi connectivity index (χ3v) is 4.98. The van der Waals surface area contributed by atoms with Crippen LogP contribution in [0.25, 0.3) is 0 Å². The van der Waals surface area contributed by atoms with Crippen molar-refractivity contribution >= 4 is 23.9 Å². The molecular formula is C24H32O11. The van der Waals surface area contributed by atoms with E-state index in [-0.39, 0.29) is 18.1 Å². The first-order valence-corrected chi connectivity index (χ1v) is 11.0. The van der Waals surface area contributed by atoms with E-state index in [1.807, 2.05) is 20.8 Å². The molecule has 5 atom stereocenters. The Labute approximate surface area is 203 Å². The quantitative estimate of drug-likeness (QED) is 0.438. The smallest absolute Gasteiger partial charge is 0.303 e. The fourth-order valence-electron chi connectivity index (χ4n) is 3.61. The van der Waals surface area contributed by atoms with Gasteiger partial charge < -0.3 is 33.5 Å². The highest BCUT2D eigenvalue weighted by atomic mass is 16.7. The van der Waals surface area contributed by atoms with Crippen molar-refractivity contribution in [3.05, 3.63) is 23.8 Å². The van der Waals surface area contributed by atoms with Gasteiger partial charge in [-0.1, -0.05) is 20.8 Å². The third-order valence-electron chi connectivity index (χ3n) is 4.98. The zero-order chi connectivity index (χ0) is 26.5. The summed E-state index contributed by atoms with van der Waals surface area (Å²) in [4.78, 5) is 47.0. The molecule has 0 spiro atoms. The summed E-state index contributed by atoms with van der Waals surface area (Å²) in [5.74, 6) is -2.49. The van der Waals surface area contributed by atoms with Crippen LogP contribution in [0.1, 0.15) is 54.0 Å². The highest BCUT2D eigenvalue weighted by Gasteiger charge is 2.53. The molecule has 0 aliphatic carbocycles. The van der Waals surface area contributed by atoms with Crippen molar-refractivity contribution in [1.29, 1.82) is 0 Å². The number of hydrogen-bond acceptors (Lipinski definition) is 11. The summed E-state index contributed by atoms with van der Waals surface area (Å²) in [6.07, 6.45) is -6.43. The van der Waals surface area contributed by atoms with Crippen molar-refractivity contribution in [1.82, 2.24) is 0 Å². The Kier molecular flexibility index (Phi) is 9.08. The Hall–Kier alpha value is -3.34. The second-order valence-corrected chi connectivity index (χ2v) is 9.11. The molecule has 0 aromatic heterocycles. The van der Waals surface area contributed by atoms with E-state index in [2.05, 4.69) is 0 Å². The number of ether oxygens (including phenoxy) is 6. The van der Waals surface area contributed by atoms with Gasteiger partial charge in [0.05, 0.1) is 0 Å². The molecule has 0 unspecified atom stereocenters. The average Bonchev–Trinajstić information content (AvgIpc) is 2.70. The number of carbonyl (C=O) groups excluding carboxylic acids is 4. The minimum Gasteiger partial charge on any atom is -0.508 e. The summed E-state index contributed by atoms with van der Waals surface area (Å²) in [6.45, 7) is 9.96. The van der Waals surface area contributed by atoms with Gasteiger partial charge in [-0.05, 0) is 23.6 Å². The van der Waals surface area contributed by atoms with Gasteiger partial charge in [-0.3, -0.25) is 19.2 Å². The van der Waals surface area contributed by atoms with Crippen molar-refractivity contribution in [3.8, 4) is 11.5 Å². The minimum absolute atomic E-state index is 0.0615. The van der Waals surface area contributed by atoms with Crippen LogP contribution in [0.5, 0.6) is 11.5 Å². The van der Waals surface area contributed by atoms with Crippen LogP contribution in [0, 0.1) is 0 Å². The number of benzene rings is 1. The molecule has 1 aliphatic heterocycles. The highest BCUT2D eigenvalue weighted by Crippen LogP contribution is 2.36. The molecule has 11 nitrogen and oxygen atoms in total. The molecule has 1 aliphatic rings. The van der Waals surface area contributed by atoms with E-state index in [1.54, 1.807) is 6.07 Å². The maximum absolute atomic E-state index is 11.9. The molecule has 0 radical (unpaired) electrons. The topological polar surface area (TPSA) is 144 Å². The molecule has 0 bridgehead atoms. The summed E-state index contributed by atoms with van der Waals surface area (Å²) >= 11 is 0. The van der Waals surface area contributed by atoms with E-state index in [4.69, 9.17) is 28.4 Å². The van der Waals surface area contributed by atoms with Gasteiger partial charge in [0.25, 0.3) is 0 Å². The molecule has 0 saturated carbocycles. The molecule has 1 saturated heterocycles. The van der Waals surface area contributed by atoms with Crippen LogP contribution >= 0.6 is 0 Å². The normalized spacial score (nSPS) is 24.1. The number of esters is 4. The van der Waals surface area contributed by atoms with Gasteiger partial charge in [0, 0.05) is 33.3 Å². The van der Waals surface area contributed by atoms with E-state index in [1.165, 1.54) is 19.1 Å². The fraction of sp³-hybridized carbons (Fsp3) is 0.583. The lowest BCUT2D eigenvalue weighted by molar-refractivity contribution is -0.288. The van der Waals surface area contributed by atoms with Crippen molar-refractivity contribution in [3.63, 3.8) is 0 Å². The maximum atomic E-state index is 11.9. The van der Waals surface area contributed by atoms with Gasteiger partial charge >= 0.3 is 23.9 Å². The van der Waals surface area contributed by atoms with Crippen LogP contribution in [-0.4, -0.2) is 66.3 Å². The van der Waals surface area contributed by atoms with Crippen LogP contribution in [-0.2, 0) is 48.3 Å². The van der Waals surface area contributed by atoms with Crippen molar-refractivity contribution < 1.29 is 52.7 Å². The molecule has 35 heavy (non-hydrogen) atoms. The van der Waals surface area contributed by atoms with Gasteiger partial charge in [-0.2, -0.15) is 0 Å². The Morgan fingerprint density at radius 2 is 1.40 bits per heavy atom. The van der Waals surface area contributed by atoms with Crippen LogP contribution in [0.15, 0.2) is 18.2 Å². The van der Waals surface area contributed by atoms with Crippen molar-refractivity contribution in [2.75, 3.05) is 6.61 Å². The lowest BCUT2D eigenvalue weighted by atomic mass is 9.86. The molecule has 1 aromatic carbocycles. The van der Waals surface area contributed by atoms with Gasteiger partial charge in [0.2, 0.25) is 12.4 Å². The molecule has 1 N–H and O–H groups in total. The monoisotopic (exact) mass is 496 g/mol. The Bertz CT molecular complexity index is 949. The second kappa shape index (κ2) is 11.4. The first-order chi connectivity index (χ1) is 16.2. The number of aromatic hydroxyl groups is 1. The lowest BCUT2D eigenvalue weighted by Crippen LogP contribution is -2.63. The van der Waals surface area contributed by atoms with E-state index < -0.39 is 60.0 Å². The first-order valence-electron chi connectivity index (χ1n) is 11.0. The van der Waals surface area contributed by atoms with Gasteiger partial charge in [0.15, 0.2) is 12.2 Å².